The van der Waals surface area contributed by atoms with Gasteiger partial charge in [0.1, 0.15) is 24.7 Å². The number of ether oxygens (including phenoxy) is 2. The fourth-order valence-electron chi connectivity index (χ4n) is 7.68. The maximum atomic E-state index is 14.1. The van der Waals surface area contributed by atoms with E-state index in [4.69, 9.17) is 9.47 Å². The molecular weight excluding hydrogens is 871 g/mol. The number of hydrogen-bond acceptors (Lipinski definition) is 10. The van der Waals surface area contributed by atoms with E-state index in [1.807, 2.05) is 67.6 Å². The standard InChI is InChI=1S/C51H67N7O10/c1-7-26-52-44(60)33-57(5)45(61)31-38(29-36-19-13-10-14-20-36)54-50(65)46(34(3)4)56-43(59)32-53-48(63)39(24-22-35-17-11-9-12-18-35)55-49(64)40-21-15-16-27-58(40)51(66)47(62)37-23-25-41(67-6)42(30-37)68-28-8-2/h8-14,17-20,23,25,30,34,38-40,46H,2,7,15-16,21-22,24,26-29,31-33H2,1,3-6H3,(H,52,60)(H,53,63)(H,54,65)(H,55,64)(H,56,59)/t38?,39-,40+,46?/m1/s1. The number of nitrogens with one attached hydrogen (secondary N) is 5. The van der Waals surface area contributed by atoms with Crippen molar-refractivity contribution >= 4 is 47.1 Å². The monoisotopic (exact) mass is 937 g/mol. The maximum Gasteiger partial charge on any atom is 0.295 e. The van der Waals surface area contributed by atoms with E-state index < -0.39 is 71.9 Å². The Morgan fingerprint density at radius 1 is 0.838 bits per heavy atom. The third kappa shape index (κ3) is 16.7. The van der Waals surface area contributed by atoms with Crippen molar-refractivity contribution in [3.8, 4) is 11.5 Å². The molecule has 5 N–H and O–H groups in total. The van der Waals surface area contributed by atoms with Gasteiger partial charge in [0, 0.05) is 38.2 Å². The summed E-state index contributed by atoms with van der Waals surface area (Å²) in [5.74, 6) is -4.68. The molecule has 4 rings (SSSR count). The summed E-state index contributed by atoms with van der Waals surface area (Å²) in [5, 5.41) is 13.8. The molecule has 0 aliphatic carbocycles. The van der Waals surface area contributed by atoms with E-state index in [0.717, 1.165) is 17.5 Å². The zero-order valence-electron chi connectivity index (χ0n) is 39.8. The van der Waals surface area contributed by atoms with Gasteiger partial charge in [0.2, 0.25) is 35.4 Å². The van der Waals surface area contributed by atoms with Crippen LogP contribution < -0.4 is 36.1 Å². The average molecular weight is 938 g/mol. The molecule has 366 valence electrons. The van der Waals surface area contributed by atoms with E-state index in [0.29, 0.717) is 38.0 Å². The highest BCUT2D eigenvalue weighted by Crippen LogP contribution is 2.29. The number of piperidine rings is 1. The van der Waals surface area contributed by atoms with Crippen LogP contribution in [0.1, 0.15) is 80.8 Å². The van der Waals surface area contributed by atoms with Gasteiger partial charge in [-0.05, 0) is 80.2 Å². The fraction of sp³-hybridized carbons (Fsp3) is 0.451. The first-order valence-corrected chi connectivity index (χ1v) is 23.2. The van der Waals surface area contributed by atoms with Gasteiger partial charge in [0.25, 0.3) is 11.7 Å². The van der Waals surface area contributed by atoms with Crippen molar-refractivity contribution in [2.24, 2.45) is 5.92 Å². The summed E-state index contributed by atoms with van der Waals surface area (Å²) in [6.45, 7) is 9.14. The van der Waals surface area contributed by atoms with E-state index in [9.17, 15) is 38.4 Å². The number of rotatable bonds is 26. The number of carbonyl (C=O) groups excluding carboxylic acids is 8. The lowest BCUT2D eigenvalue weighted by Crippen LogP contribution is -2.58. The van der Waals surface area contributed by atoms with Gasteiger partial charge in [0.15, 0.2) is 11.5 Å². The third-order valence-corrected chi connectivity index (χ3v) is 11.4. The Morgan fingerprint density at radius 2 is 1.53 bits per heavy atom. The molecule has 0 radical (unpaired) electrons. The fourth-order valence-corrected chi connectivity index (χ4v) is 7.68. The molecule has 0 saturated carbocycles. The van der Waals surface area contributed by atoms with Gasteiger partial charge in [-0.15, -0.1) is 0 Å². The Morgan fingerprint density at radius 3 is 2.18 bits per heavy atom. The molecule has 68 heavy (non-hydrogen) atoms. The number of Topliss-reactive ketones (excluding diaryl/α,β-unsaturated/α-hetero) is 1. The van der Waals surface area contributed by atoms with Gasteiger partial charge in [-0.25, -0.2) is 0 Å². The summed E-state index contributed by atoms with van der Waals surface area (Å²) in [6.07, 6.45) is 4.40. The molecule has 3 aromatic carbocycles. The van der Waals surface area contributed by atoms with Crippen LogP contribution in [0.3, 0.4) is 0 Å². The number of methoxy groups -OCH3 is 1. The van der Waals surface area contributed by atoms with Gasteiger partial charge in [0.05, 0.1) is 20.2 Å². The first kappa shape index (κ1) is 53.6. The second-order valence-electron chi connectivity index (χ2n) is 17.1. The van der Waals surface area contributed by atoms with E-state index >= 15 is 0 Å². The van der Waals surface area contributed by atoms with Crippen LogP contribution in [-0.2, 0) is 46.4 Å². The van der Waals surface area contributed by atoms with Crippen LogP contribution in [-0.4, -0.2) is 128 Å². The van der Waals surface area contributed by atoms with Crippen molar-refractivity contribution in [1.82, 2.24) is 36.4 Å². The highest BCUT2D eigenvalue weighted by atomic mass is 16.5. The van der Waals surface area contributed by atoms with Gasteiger partial charge >= 0.3 is 0 Å². The lowest BCUT2D eigenvalue weighted by molar-refractivity contribution is -0.140. The van der Waals surface area contributed by atoms with Crippen LogP contribution in [0.5, 0.6) is 11.5 Å². The molecule has 17 heteroatoms. The lowest BCUT2D eigenvalue weighted by Gasteiger charge is -2.35. The van der Waals surface area contributed by atoms with Crippen molar-refractivity contribution in [3.05, 3.63) is 108 Å². The molecule has 1 heterocycles. The number of nitrogens with zero attached hydrogens (tertiary/aromatic N) is 2. The molecule has 1 aliphatic heterocycles. The van der Waals surface area contributed by atoms with Crippen molar-refractivity contribution < 1.29 is 47.8 Å². The number of aryl methyl sites for hydroxylation is 1. The molecular formula is C51H67N7O10. The summed E-state index contributed by atoms with van der Waals surface area (Å²) in [5.41, 5.74) is 1.81. The van der Waals surface area contributed by atoms with Crippen molar-refractivity contribution in [3.63, 3.8) is 0 Å². The number of likely N-dealkylation sites (tertiary alicyclic amines) is 1. The molecule has 4 atom stereocenters. The quantitative estimate of drug-likeness (QED) is 0.0449. The van der Waals surface area contributed by atoms with Crippen LogP contribution in [0.2, 0.25) is 0 Å². The van der Waals surface area contributed by atoms with Crippen LogP contribution in [0, 0.1) is 5.92 Å². The van der Waals surface area contributed by atoms with Gasteiger partial charge in [-0.2, -0.15) is 0 Å². The summed E-state index contributed by atoms with van der Waals surface area (Å²) in [7, 11) is 2.97. The zero-order chi connectivity index (χ0) is 49.6. The van der Waals surface area contributed by atoms with Crippen molar-refractivity contribution in [2.75, 3.05) is 46.9 Å². The highest BCUT2D eigenvalue weighted by Gasteiger charge is 2.37. The molecule has 0 spiro atoms. The highest BCUT2D eigenvalue weighted by molar-refractivity contribution is 6.43. The number of amides is 7. The van der Waals surface area contributed by atoms with Gasteiger partial charge < -0.3 is 45.9 Å². The Balaban J connectivity index is 1.44. The van der Waals surface area contributed by atoms with Gasteiger partial charge in [-0.3, -0.25) is 38.4 Å². The molecule has 2 unspecified atom stereocenters. The maximum absolute atomic E-state index is 14.1. The minimum atomic E-state index is -1.15. The summed E-state index contributed by atoms with van der Waals surface area (Å²) in [6, 6.07) is 19.0. The van der Waals surface area contributed by atoms with E-state index in [2.05, 4.69) is 33.2 Å². The number of hydrogen-bond donors (Lipinski definition) is 5. The first-order valence-electron chi connectivity index (χ1n) is 23.2. The van der Waals surface area contributed by atoms with Crippen LogP contribution in [0.25, 0.3) is 0 Å². The minimum Gasteiger partial charge on any atom is -0.493 e. The van der Waals surface area contributed by atoms with E-state index in [1.165, 1.54) is 48.2 Å². The number of benzene rings is 3. The Kier molecular flexibility index (Phi) is 21.7. The predicted molar refractivity (Wildman–Crippen MR) is 256 cm³/mol. The smallest absolute Gasteiger partial charge is 0.295 e. The third-order valence-electron chi connectivity index (χ3n) is 11.4. The van der Waals surface area contributed by atoms with Crippen LogP contribution >= 0.6 is 0 Å². The number of likely N-dealkylation sites (N-methyl/N-ethyl adjacent to an activating group) is 1. The lowest BCUT2D eigenvalue weighted by atomic mass is 9.98. The normalized spacial score (nSPS) is 14.6. The Labute approximate surface area is 399 Å². The predicted octanol–water partition coefficient (Wildman–Crippen LogP) is 3.30. The number of ketones is 1. The molecule has 0 bridgehead atoms. The molecule has 0 aromatic heterocycles. The molecule has 17 nitrogen and oxygen atoms in total. The largest absolute Gasteiger partial charge is 0.493 e. The topological polar surface area (TPSA) is 222 Å². The second-order valence-corrected chi connectivity index (χ2v) is 17.1. The molecule has 1 saturated heterocycles. The first-order chi connectivity index (χ1) is 32.6. The van der Waals surface area contributed by atoms with Gasteiger partial charge in [-0.1, -0.05) is 94.1 Å². The van der Waals surface area contributed by atoms with Crippen molar-refractivity contribution in [2.45, 2.75) is 96.3 Å². The van der Waals surface area contributed by atoms with E-state index in [1.54, 1.807) is 13.8 Å². The summed E-state index contributed by atoms with van der Waals surface area (Å²) < 4.78 is 11.0. The summed E-state index contributed by atoms with van der Waals surface area (Å²) >= 11 is 0. The van der Waals surface area contributed by atoms with Crippen molar-refractivity contribution in [1.29, 1.82) is 0 Å². The molecule has 7 amide bonds. The average Bonchev–Trinajstić information content (AvgIpc) is 3.34. The molecule has 3 aromatic rings. The van der Waals surface area contributed by atoms with Crippen LogP contribution in [0.4, 0.5) is 0 Å². The number of carbonyl (C=O) groups is 8. The van der Waals surface area contributed by atoms with E-state index in [-0.39, 0.29) is 62.1 Å². The zero-order valence-corrected chi connectivity index (χ0v) is 39.8. The molecule has 1 aliphatic rings. The minimum absolute atomic E-state index is 0.0466. The molecule has 1 fully saturated rings. The Hall–Kier alpha value is -7.04. The van der Waals surface area contributed by atoms with Crippen LogP contribution in [0.15, 0.2) is 91.5 Å². The SMILES string of the molecule is C=CCOc1cc(C(=O)C(=O)N2CCCC[C@H]2C(=O)N[C@H](CCc2ccccc2)C(=O)NCC(=O)NC(C(=O)NC(CC(=O)N(C)CC(=O)NCCC)Cc2ccccc2)C(C)C)ccc1OC. The second kappa shape index (κ2) is 27.6. The summed E-state index contributed by atoms with van der Waals surface area (Å²) in [4.78, 5) is 111. The Bertz CT molecular complexity index is 2200.